The lowest BCUT2D eigenvalue weighted by Crippen LogP contribution is -2.50. The molecule has 2 aliphatic heterocycles. The first-order chi connectivity index (χ1) is 7.62. The lowest BCUT2D eigenvalue weighted by atomic mass is 9.69. The number of nitrogens with zero attached hydrogens (tertiary/aromatic N) is 1. The molecule has 0 unspecified atom stereocenters. The summed E-state index contributed by atoms with van der Waals surface area (Å²) in [6.07, 6.45) is 5.42. The summed E-state index contributed by atoms with van der Waals surface area (Å²) < 4.78 is 5.29. The minimum absolute atomic E-state index is 0.000347. The van der Waals surface area contributed by atoms with Crippen LogP contribution in [0.3, 0.4) is 0 Å². The third kappa shape index (κ3) is 2.28. The Bertz CT molecular complexity index is 289. The van der Waals surface area contributed by atoms with Gasteiger partial charge in [-0.25, -0.2) is 4.79 Å². The maximum atomic E-state index is 10.6. The number of aliphatic carboxylic acids is 1. The molecule has 4 nitrogen and oxygen atoms in total. The molecule has 0 amide bonds. The fourth-order valence-electron chi connectivity index (χ4n) is 2.63. The first kappa shape index (κ1) is 11.6. The van der Waals surface area contributed by atoms with Crippen molar-refractivity contribution in [1.29, 1.82) is 0 Å². The van der Waals surface area contributed by atoms with Gasteiger partial charge < -0.3 is 14.7 Å². The standard InChI is InChI=1S/C12H19NO3/c1-13-6-3-10(4-7-13)12(8-16-9-12)5-2-11(14)15/h2,5,10H,3-4,6-9H2,1H3,(H,14,15)/b5-2+. The van der Waals surface area contributed by atoms with E-state index in [1.807, 2.05) is 6.08 Å². The number of piperidine rings is 1. The molecule has 0 aromatic heterocycles. The number of carbonyl (C=O) groups is 1. The van der Waals surface area contributed by atoms with Gasteiger partial charge in [0, 0.05) is 11.5 Å². The smallest absolute Gasteiger partial charge is 0.328 e. The molecule has 16 heavy (non-hydrogen) atoms. The van der Waals surface area contributed by atoms with Gasteiger partial charge in [0.2, 0.25) is 0 Å². The van der Waals surface area contributed by atoms with E-state index in [-0.39, 0.29) is 5.41 Å². The number of ether oxygens (including phenoxy) is 1. The van der Waals surface area contributed by atoms with Crippen molar-refractivity contribution >= 4 is 5.97 Å². The molecular weight excluding hydrogens is 206 g/mol. The Labute approximate surface area is 95.9 Å². The highest BCUT2D eigenvalue weighted by molar-refractivity contribution is 5.79. The van der Waals surface area contributed by atoms with E-state index in [2.05, 4.69) is 11.9 Å². The summed E-state index contributed by atoms with van der Waals surface area (Å²) in [6, 6.07) is 0. The quantitative estimate of drug-likeness (QED) is 0.728. The zero-order chi connectivity index (χ0) is 11.6. The van der Waals surface area contributed by atoms with Crippen molar-refractivity contribution in [2.24, 2.45) is 11.3 Å². The van der Waals surface area contributed by atoms with Gasteiger partial charge in [-0.3, -0.25) is 0 Å². The van der Waals surface area contributed by atoms with Crippen molar-refractivity contribution in [3.05, 3.63) is 12.2 Å². The molecule has 0 spiro atoms. The first-order valence-corrected chi connectivity index (χ1v) is 5.81. The summed E-state index contributed by atoms with van der Waals surface area (Å²) in [5, 5.41) is 8.70. The highest BCUT2D eigenvalue weighted by Crippen LogP contribution is 2.42. The molecule has 2 rings (SSSR count). The van der Waals surface area contributed by atoms with Gasteiger partial charge in [-0.1, -0.05) is 6.08 Å². The fourth-order valence-corrected chi connectivity index (χ4v) is 2.63. The van der Waals surface area contributed by atoms with E-state index >= 15 is 0 Å². The predicted octanol–water partition coefficient (Wildman–Crippen LogP) is 0.986. The number of carboxylic acid groups (broad SMARTS) is 1. The van der Waals surface area contributed by atoms with Crippen LogP contribution in [0.5, 0.6) is 0 Å². The average molecular weight is 225 g/mol. The van der Waals surface area contributed by atoms with E-state index in [9.17, 15) is 4.79 Å². The molecule has 0 saturated carbocycles. The van der Waals surface area contributed by atoms with Gasteiger partial charge >= 0.3 is 5.97 Å². The summed E-state index contributed by atoms with van der Waals surface area (Å²) >= 11 is 0. The zero-order valence-electron chi connectivity index (χ0n) is 9.69. The monoisotopic (exact) mass is 225 g/mol. The van der Waals surface area contributed by atoms with Crippen molar-refractivity contribution in [2.45, 2.75) is 12.8 Å². The van der Waals surface area contributed by atoms with Crippen LogP contribution in [0.25, 0.3) is 0 Å². The van der Waals surface area contributed by atoms with Crippen LogP contribution in [-0.2, 0) is 9.53 Å². The maximum absolute atomic E-state index is 10.6. The van der Waals surface area contributed by atoms with Crippen LogP contribution in [0.2, 0.25) is 0 Å². The first-order valence-electron chi connectivity index (χ1n) is 5.81. The summed E-state index contributed by atoms with van der Waals surface area (Å²) in [7, 11) is 2.13. The van der Waals surface area contributed by atoms with Gasteiger partial charge in [0.15, 0.2) is 0 Å². The summed E-state index contributed by atoms with van der Waals surface area (Å²) in [5.41, 5.74) is -0.000347. The molecule has 2 heterocycles. The molecule has 0 aromatic rings. The molecule has 0 aliphatic carbocycles. The number of hydrogen-bond donors (Lipinski definition) is 1. The van der Waals surface area contributed by atoms with Crippen molar-refractivity contribution < 1.29 is 14.6 Å². The second-order valence-electron chi connectivity index (χ2n) is 4.98. The van der Waals surface area contributed by atoms with Crippen LogP contribution in [0.4, 0.5) is 0 Å². The Balaban J connectivity index is 2.01. The van der Waals surface area contributed by atoms with Crippen LogP contribution in [0.1, 0.15) is 12.8 Å². The van der Waals surface area contributed by atoms with E-state index in [1.54, 1.807) is 0 Å². The topological polar surface area (TPSA) is 49.8 Å². The summed E-state index contributed by atoms with van der Waals surface area (Å²) in [5.74, 6) is -0.285. The lowest BCUT2D eigenvalue weighted by Gasteiger charge is -2.47. The Morgan fingerprint density at radius 2 is 2.06 bits per heavy atom. The van der Waals surface area contributed by atoms with E-state index < -0.39 is 5.97 Å². The molecule has 90 valence electrons. The zero-order valence-corrected chi connectivity index (χ0v) is 9.69. The molecule has 0 aromatic carbocycles. The molecule has 0 atom stereocenters. The van der Waals surface area contributed by atoms with Crippen molar-refractivity contribution in [1.82, 2.24) is 4.90 Å². The van der Waals surface area contributed by atoms with Gasteiger partial charge in [-0.15, -0.1) is 0 Å². The van der Waals surface area contributed by atoms with Crippen LogP contribution < -0.4 is 0 Å². The SMILES string of the molecule is CN1CCC(C2(/C=C/C(=O)O)COC2)CC1. The minimum Gasteiger partial charge on any atom is -0.478 e. The highest BCUT2D eigenvalue weighted by atomic mass is 16.5. The molecule has 2 aliphatic rings. The predicted molar refractivity (Wildman–Crippen MR) is 60.2 cm³/mol. The van der Waals surface area contributed by atoms with Crippen LogP contribution in [0, 0.1) is 11.3 Å². The normalized spacial score (nSPS) is 26.8. The van der Waals surface area contributed by atoms with E-state index in [0.29, 0.717) is 19.1 Å². The van der Waals surface area contributed by atoms with Crippen molar-refractivity contribution in [2.75, 3.05) is 33.4 Å². The van der Waals surface area contributed by atoms with Gasteiger partial charge in [0.1, 0.15) is 0 Å². The number of hydrogen-bond acceptors (Lipinski definition) is 3. The van der Waals surface area contributed by atoms with E-state index in [0.717, 1.165) is 25.9 Å². The third-order valence-electron chi connectivity index (χ3n) is 3.83. The minimum atomic E-state index is -0.862. The molecule has 4 heteroatoms. The summed E-state index contributed by atoms with van der Waals surface area (Å²) in [6.45, 7) is 3.58. The Kier molecular flexibility index (Phi) is 3.30. The van der Waals surface area contributed by atoms with Gasteiger partial charge in [-0.05, 0) is 38.9 Å². The third-order valence-corrected chi connectivity index (χ3v) is 3.83. The Morgan fingerprint density at radius 3 is 2.50 bits per heavy atom. The molecular formula is C12H19NO3. The summed E-state index contributed by atoms with van der Waals surface area (Å²) in [4.78, 5) is 12.9. The lowest BCUT2D eigenvalue weighted by molar-refractivity contribution is -0.133. The molecule has 0 bridgehead atoms. The largest absolute Gasteiger partial charge is 0.478 e. The van der Waals surface area contributed by atoms with Gasteiger partial charge in [0.05, 0.1) is 13.2 Å². The van der Waals surface area contributed by atoms with Crippen molar-refractivity contribution in [3.8, 4) is 0 Å². The average Bonchev–Trinajstić information content (AvgIpc) is 2.18. The number of rotatable bonds is 3. The van der Waals surface area contributed by atoms with Gasteiger partial charge in [-0.2, -0.15) is 0 Å². The maximum Gasteiger partial charge on any atom is 0.328 e. The number of likely N-dealkylation sites (tertiary alicyclic amines) is 1. The molecule has 2 fully saturated rings. The molecule has 2 saturated heterocycles. The highest BCUT2D eigenvalue weighted by Gasteiger charge is 2.44. The van der Waals surface area contributed by atoms with Crippen LogP contribution in [-0.4, -0.2) is 49.3 Å². The Morgan fingerprint density at radius 1 is 1.44 bits per heavy atom. The van der Waals surface area contributed by atoms with Gasteiger partial charge in [0.25, 0.3) is 0 Å². The molecule has 1 N–H and O–H groups in total. The second-order valence-corrected chi connectivity index (χ2v) is 4.98. The Hall–Kier alpha value is -0.870. The number of carboxylic acids is 1. The van der Waals surface area contributed by atoms with Crippen LogP contribution >= 0.6 is 0 Å². The second kappa shape index (κ2) is 4.55. The molecule has 0 radical (unpaired) electrons. The van der Waals surface area contributed by atoms with E-state index in [1.165, 1.54) is 6.08 Å². The van der Waals surface area contributed by atoms with Crippen molar-refractivity contribution in [3.63, 3.8) is 0 Å². The van der Waals surface area contributed by atoms with Crippen LogP contribution in [0.15, 0.2) is 12.2 Å². The van der Waals surface area contributed by atoms with E-state index in [4.69, 9.17) is 9.84 Å². The fraction of sp³-hybridized carbons (Fsp3) is 0.750.